The van der Waals surface area contributed by atoms with Gasteiger partial charge in [-0.3, -0.25) is 4.79 Å². The molecule has 4 rings (SSSR count). The van der Waals surface area contributed by atoms with Crippen LogP contribution in [0.2, 0.25) is 0 Å². The third kappa shape index (κ3) is 5.60. The van der Waals surface area contributed by atoms with Crippen molar-refractivity contribution >= 4 is 30.7 Å². The van der Waals surface area contributed by atoms with Crippen molar-refractivity contribution in [3.63, 3.8) is 0 Å². The number of halogens is 2. The molecule has 1 aromatic carbocycles. The van der Waals surface area contributed by atoms with Gasteiger partial charge < -0.3 is 15.5 Å². The summed E-state index contributed by atoms with van der Waals surface area (Å²) in [5.74, 6) is 0.635. The molecule has 0 aromatic heterocycles. The lowest BCUT2D eigenvalue weighted by Crippen LogP contribution is -2.46. The van der Waals surface area contributed by atoms with Crippen molar-refractivity contribution in [2.45, 2.75) is 44.6 Å². The maximum absolute atomic E-state index is 12.6. The van der Waals surface area contributed by atoms with Crippen LogP contribution in [-0.2, 0) is 11.2 Å². The van der Waals surface area contributed by atoms with E-state index in [9.17, 15) is 4.79 Å². The molecule has 1 amide bonds. The van der Waals surface area contributed by atoms with Crippen molar-refractivity contribution in [3.8, 4) is 0 Å². The summed E-state index contributed by atoms with van der Waals surface area (Å²) >= 11 is 0. The van der Waals surface area contributed by atoms with Crippen molar-refractivity contribution in [1.82, 2.24) is 15.5 Å². The summed E-state index contributed by atoms with van der Waals surface area (Å²) < 4.78 is 0. The highest BCUT2D eigenvalue weighted by Crippen LogP contribution is 2.58. The summed E-state index contributed by atoms with van der Waals surface area (Å²) in [6.45, 7) is 5.52. The fourth-order valence-corrected chi connectivity index (χ4v) is 4.73. The first-order valence-corrected chi connectivity index (χ1v) is 10.0. The Hall–Kier alpha value is -0.810. The third-order valence-electron chi connectivity index (χ3n) is 6.60. The molecule has 6 heteroatoms. The zero-order valence-corrected chi connectivity index (χ0v) is 17.6. The van der Waals surface area contributed by atoms with E-state index in [4.69, 9.17) is 0 Å². The van der Waals surface area contributed by atoms with Crippen LogP contribution < -0.4 is 10.6 Å². The molecule has 3 aliphatic rings. The van der Waals surface area contributed by atoms with Crippen molar-refractivity contribution in [1.29, 1.82) is 0 Å². The van der Waals surface area contributed by atoms with Gasteiger partial charge in [0.1, 0.15) is 0 Å². The normalized spacial score (nSPS) is 24.5. The van der Waals surface area contributed by atoms with E-state index < -0.39 is 0 Å². The van der Waals surface area contributed by atoms with Gasteiger partial charge in [-0.2, -0.15) is 0 Å². The average Bonchev–Trinajstić information content (AvgIpc) is 3.35. The summed E-state index contributed by atoms with van der Waals surface area (Å²) in [5.41, 5.74) is 1.77. The molecule has 2 N–H and O–H groups in total. The fraction of sp³-hybridized carbons (Fsp3) is 0.667. The average molecular weight is 414 g/mol. The predicted molar refractivity (Wildman–Crippen MR) is 115 cm³/mol. The SMILES string of the molecule is Cl.Cl.O=C(NC1CCN(CCc2ccccc2)CC1)C1CC12CCNCC2. The largest absolute Gasteiger partial charge is 0.353 e. The Bertz CT molecular complexity index is 584. The van der Waals surface area contributed by atoms with Crippen LogP contribution in [0.1, 0.15) is 37.7 Å². The van der Waals surface area contributed by atoms with Gasteiger partial charge in [0.25, 0.3) is 0 Å². The van der Waals surface area contributed by atoms with Gasteiger partial charge in [0.2, 0.25) is 5.91 Å². The van der Waals surface area contributed by atoms with Gasteiger partial charge in [-0.15, -0.1) is 24.8 Å². The molecule has 2 saturated heterocycles. The first-order valence-electron chi connectivity index (χ1n) is 10.0. The number of rotatable bonds is 5. The number of hydrogen-bond acceptors (Lipinski definition) is 3. The molecule has 4 nitrogen and oxygen atoms in total. The van der Waals surface area contributed by atoms with Crippen LogP contribution in [0, 0.1) is 11.3 Å². The number of carbonyl (C=O) groups is 1. The number of benzene rings is 1. The van der Waals surface area contributed by atoms with E-state index in [2.05, 4.69) is 45.9 Å². The molecule has 152 valence electrons. The van der Waals surface area contributed by atoms with Crippen LogP contribution in [0.25, 0.3) is 0 Å². The van der Waals surface area contributed by atoms with Crippen molar-refractivity contribution < 1.29 is 4.79 Å². The zero-order valence-electron chi connectivity index (χ0n) is 16.0. The van der Waals surface area contributed by atoms with E-state index in [1.165, 1.54) is 18.4 Å². The Morgan fingerprint density at radius 2 is 1.78 bits per heavy atom. The van der Waals surface area contributed by atoms with E-state index in [-0.39, 0.29) is 24.8 Å². The lowest BCUT2D eigenvalue weighted by molar-refractivity contribution is -0.124. The van der Waals surface area contributed by atoms with Crippen molar-refractivity contribution in [2.75, 3.05) is 32.7 Å². The minimum Gasteiger partial charge on any atom is -0.353 e. The fourth-order valence-electron chi connectivity index (χ4n) is 4.73. The van der Waals surface area contributed by atoms with Gasteiger partial charge in [0.05, 0.1) is 0 Å². The minimum absolute atomic E-state index is 0. The van der Waals surface area contributed by atoms with Crippen LogP contribution in [0.15, 0.2) is 30.3 Å². The quantitative estimate of drug-likeness (QED) is 0.779. The monoisotopic (exact) mass is 413 g/mol. The first-order chi connectivity index (χ1) is 12.3. The van der Waals surface area contributed by atoms with Gasteiger partial charge in [-0.1, -0.05) is 30.3 Å². The molecule has 1 spiro atoms. The number of piperidine rings is 2. The molecular formula is C21H33Cl2N3O. The maximum Gasteiger partial charge on any atom is 0.223 e. The standard InChI is InChI=1S/C21H31N3O.2ClH/c25-20(19-16-21(19)9-11-22-12-10-21)23-18-7-14-24(15-8-18)13-6-17-4-2-1-3-5-17;;/h1-5,18-19,22H,6-16H2,(H,23,25);2*1H. The summed E-state index contributed by atoms with van der Waals surface area (Å²) in [6.07, 6.45) is 6.81. The summed E-state index contributed by atoms with van der Waals surface area (Å²) in [7, 11) is 0. The molecule has 1 aromatic rings. The van der Waals surface area contributed by atoms with E-state index in [0.717, 1.165) is 58.4 Å². The van der Waals surface area contributed by atoms with E-state index >= 15 is 0 Å². The third-order valence-corrected chi connectivity index (χ3v) is 6.60. The van der Waals surface area contributed by atoms with Gasteiger partial charge in [-0.25, -0.2) is 0 Å². The van der Waals surface area contributed by atoms with Gasteiger partial charge in [0, 0.05) is 31.6 Å². The van der Waals surface area contributed by atoms with Crippen molar-refractivity contribution in [3.05, 3.63) is 35.9 Å². The summed E-state index contributed by atoms with van der Waals surface area (Å²) in [4.78, 5) is 15.1. The Morgan fingerprint density at radius 1 is 1.11 bits per heavy atom. The number of carbonyl (C=O) groups excluding carboxylic acids is 1. The highest BCUT2D eigenvalue weighted by atomic mass is 35.5. The molecule has 1 aliphatic carbocycles. The number of likely N-dealkylation sites (tertiary alicyclic amines) is 1. The Morgan fingerprint density at radius 3 is 2.44 bits per heavy atom. The molecular weight excluding hydrogens is 381 g/mol. The van der Waals surface area contributed by atoms with E-state index in [0.29, 0.717) is 23.3 Å². The smallest absolute Gasteiger partial charge is 0.223 e. The number of hydrogen-bond donors (Lipinski definition) is 2. The molecule has 27 heavy (non-hydrogen) atoms. The molecule has 0 bridgehead atoms. The number of nitrogens with zero attached hydrogens (tertiary/aromatic N) is 1. The number of nitrogens with one attached hydrogen (secondary N) is 2. The summed E-state index contributed by atoms with van der Waals surface area (Å²) in [5, 5.41) is 6.77. The van der Waals surface area contributed by atoms with Crippen LogP contribution in [0.4, 0.5) is 0 Å². The molecule has 3 fully saturated rings. The lowest BCUT2D eigenvalue weighted by atomic mass is 9.91. The van der Waals surface area contributed by atoms with E-state index in [1.807, 2.05) is 0 Å². The topological polar surface area (TPSA) is 44.4 Å². The molecule has 2 aliphatic heterocycles. The molecule has 1 saturated carbocycles. The van der Waals surface area contributed by atoms with Gasteiger partial charge >= 0.3 is 0 Å². The van der Waals surface area contributed by atoms with E-state index in [1.54, 1.807) is 0 Å². The molecule has 2 heterocycles. The van der Waals surface area contributed by atoms with Crippen LogP contribution in [-0.4, -0.2) is 49.6 Å². The Balaban J connectivity index is 0.00000131. The van der Waals surface area contributed by atoms with Crippen LogP contribution in [0.5, 0.6) is 0 Å². The van der Waals surface area contributed by atoms with Crippen LogP contribution >= 0.6 is 24.8 Å². The highest BCUT2D eigenvalue weighted by molar-refractivity contribution is 5.85. The number of amides is 1. The van der Waals surface area contributed by atoms with Crippen molar-refractivity contribution in [2.24, 2.45) is 11.3 Å². The predicted octanol–water partition coefficient (Wildman–Crippen LogP) is 3.04. The molecule has 1 unspecified atom stereocenters. The molecule has 1 atom stereocenters. The second-order valence-corrected chi connectivity index (χ2v) is 8.23. The zero-order chi connectivity index (χ0) is 17.1. The Labute approximate surface area is 175 Å². The van der Waals surface area contributed by atoms with Gasteiger partial charge in [0.15, 0.2) is 0 Å². The maximum atomic E-state index is 12.6. The lowest BCUT2D eigenvalue weighted by Gasteiger charge is -2.32. The second kappa shape index (κ2) is 10.1. The van der Waals surface area contributed by atoms with Crippen LogP contribution in [0.3, 0.4) is 0 Å². The van der Waals surface area contributed by atoms with Gasteiger partial charge in [-0.05, 0) is 62.6 Å². The Kier molecular flexibility index (Phi) is 8.41. The second-order valence-electron chi connectivity index (χ2n) is 8.23. The summed E-state index contributed by atoms with van der Waals surface area (Å²) in [6, 6.07) is 11.1. The molecule has 0 radical (unpaired) electrons. The highest BCUT2D eigenvalue weighted by Gasteiger charge is 2.57. The minimum atomic E-state index is 0. The first kappa shape index (κ1) is 22.5.